The fraction of sp³-hybridized carbons (Fsp3) is 0.0833. The van der Waals surface area contributed by atoms with Crippen LogP contribution in [0.4, 0.5) is 13.2 Å². The Morgan fingerprint density at radius 1 is 1.00 bits per heavy atom. The zero-order valence-corrected chi connectivity index (χ0v) is 8.12. The molecule has 2 aromatic rings. The summed E-state index contributed by atoms with van der Waals surface area (Å²) in [4.78, 5) is 3.81. The van der Waals surface area contributed by atoms with Crippen LogP contribution in [-0.4, -0.2) is 4.98 Å². The number of hydrogen-bond donors (Lipinski definition) is 0. The number of aromatic nitrogens is 1. The monoisotopic (exact) mass is 222 g/mol. The van der Waals surface area contributed by atoms with Crippen LogP contribution in [0, 0.1) is 6.07 Å². The van der Waals surface area contributed by atoms with Crippen molar-refractivity contribution in [1.29, 1.82) is 0 Å². The lowest BCUT2D eigenvalue weighted by Crippen LogP contribution is -2.04. The summed E-state index contributed by atoms with van der Waals surface area (Å²) in [5, 5.41) is 0. The summed E-state index contributed by atoms with van der Waals surface area (Å²) in [6.45, 7) is 0. The minimum Gasteiger partial charge on any atom is -0.265 e. The van der Waals surface area contributed by atoms with Gasteiger partial charge in [-0.2, -0.15) is 13.2 Å². The molecule has 0 aliphatic rings. The third-order valence-corrected chi connectivity index (χ3v) is 2.09. The normalized spacial score (nSPS) is 11.4. The third-order valence-electron chi connectivity index (χ3n) is 2.09. The Labute approximate surface area is 90.6 Å². The van der Waals surface area contributed by atoms with Gasteiger partial charge in [0.15, 0.2) is 0 Å². The van der Waals surface area contributed by atoms with E-state index in [0.717, 1.165) is 6.07 Å². The molecule has 4 heteroatoms. The quantitative estimate of drug-likeness (QED) is 0.718. The first-order valence-corrected chi connectivity index (χ1v) is 4.57. The molecule has 0 saturated carbocycles. The van der Waals surface area contributed by atoms with E-state index in [1.807, 2.05) is 0 Å². The van der Waals surface area contributed by atoms with Gasteiger partial charge in [0.2, 0.25) is 0 Å². The molecule has 0 spiro atoms. The third kappa shape index (κ3) is 2.21. The lowest BCUT2D eigenvalue weighted by atomic mass is 10.0. The maximum atomic E-state index is 12.4. The van der Waals surface area contributed by atoms with Crippen molar-refractivity contribution in [1.82, 2.24) is 4.98 Å². The minimum absolute atomic E-state index is 0.414. The topological polar surface area (TPSA) is 12.9 Å². The van der Waals surface area contributed by atoms with Crippen molar-refractivity contribution in [3.63, 3.8) is 0 Å². The van der Waals surface area contributed by atoms with Gasteiger partial charge in [0, 0.05) is 18.5 Å². The van der Waals surface area contributed by atoms with Crippen molar-refractivity contribution < 1.29 is 13.2 Å². The molecule has 81 valence electrons. The number of pyridine rings is 1. The molecular weight excluding hydrogens is 215 g/mol. The Balaban J connectivity index is 2.45. The highest BCUT2D eigenvalue weighted by atomic mass is 19.4. The number of alkyl halides is 3. The maximum Gasteiger partial charge on any atom is 0.417 e. The highest BCUT2D eigenvalue weighted by molar-refractivity contribution is 5.62. The van der Waals surface area contributed by atoms with Gasteiger partial charge in [0.1, 0.15) is 0 Å². The van der Waals surface area contributed by atoms with Gasteiger partial charge in [0.05, 0.1) is 5.56 Å². The molecule has 2 rings (SSSR count). The fourth-order valence-corrected chi connectivity index (χ4v) is 1.33. The molecule has 1 radical (unpaired) electrons. The standard InChI is InChI=1S/C12H7F3N/c13-12(14,15)11-3-1-2-10(8-11)9-4-6-16-7-5-9/h1-7H. The van der Waals surface area contributed by atoms with Crippen LogP contribution < -0.4 is 0 Å². The first-order valence-electron chi connectivity index (χ1n) is 4.57. The van der Waals surface area contributed by atoms with Crippen LogP contribution in [-0.2, 0) is 6.18 Å². The Bertz CT molecular complexity index is 477. The van der Waals surface area contributed by atoms with Crippen LogP contribution in [0.5, 0.6) is 0 Å². The maximum absolute atomic E-state index is 12.4. The molecule has 1 aromatic carbocycles. The lowest BCUT2D eigenvalue weighted by Gasteiger charge is -2.07. The van der Waals surface area contributed by atoms with Crippen LogP contribution in [0.1, 0.15) is 5.56 Å². The number of nitrogens with zero attached hydrogens (tertiary/aromatic N) is 1. The Kier molecular flexibility index (Phi) is 2.64. The van der Waals surface area contributed by atoms with E-state index < -0.39 is 11.7 Å². The van der Waals surface area contributed by atoms with E-state index in [-0.39, 0.29) is 0 Å². The largest absolute Gasteiger partial charge is 0.417 e. The summed E-state index contributed by atoms with van der Waals surface area (Å²) < 4.78 is 37.3. The lowest BCUT2D eigenvalue weighted by molar-refractivity contribution is -0.137. The molecule has 0 unspecified atom stereocenters. The van der Waals surface area contributed by atoms with E-state index in [4.69, 9.17) is 0 Å². The van der Waals surface area contributed by atoms with Crippen molar-refractivity contribution in [3.05, 3.63) is 54.4 Å². The smallest absolute Gasteiger partial charge is 0.265 e. The summed E-state index contributed by atoms with van der Waals surface area (Å²) in [7, 11) is 0. The molecule has 0 saturated heterocycles. The van der Waals surface area contributed by atoms with Gasteiger partial charge in [0.25, 0.3) is 0 Å². The summed E-state index contributed by atoms with van der Waals surface area (Å²) in [5.41, 5.74) is 0.320. The molecule has 16 heavy (non-hydrogen) atoms. The van der Waals surface area contributed by atoms with E-state index in [0.29, 0.717) is 11.1 Å². The zero-order valence-electron chi connectivity index (χ0n) is 8.12. The van der Waals surface area contributed by atoms with Gasteiger partial charge >= 0.3 is 6.18 Å². The summed E-state index contributed by atoms with van der Waals surface area (Å²) in [6, 6.07) is 9.60. The molecule has 0 fully saturated rings. The second-order valence-electron chi connectivity index (χ2n) is 3.21. The molecule has 1 aromatic heterocycles. The van der Waals surface area contributed by atoms with Crippen LogP contribution in [0.3, 0.4) is 0 Å². The Morgan fingerprint density at radius 2 is 1.69 bits per heavy atom. The van der Waals surface area contributed by atoms with E-state index in [9.17, 15) is 13.2 Å². The number of rotatable bonds is 1. The van der Waals surface area contributed by atoms with Gasteiger partial charge in [-0.1, -0.05) is 12.1 Å². The van der Waals surface area contributed by atoms with Gasteiger partial charge < -0.3 is 0 Å². The zero-order chi connectivity index (χ0) is 11.6. The van der Waals surface area contributed by atoms with E-state index >= 15 is 0 Å². The molecule has 0 N–H and O–H groups in total. The summed E-state index contributed by atoms with van der Waals surface area (Å²) in [5.74, 6) is 0. The van der Waals surface area contributed by atoms with Crippen molar-refractivity contribution in [2.24, 2.45) is 0 Å². The average molecular weight is 222 g/mol. The highest BCUT2D eigenvalue weighted by Gasteiger charge is 2.30. The average Bonchev–Trinajstić information content (AvgIpc) is 2.29. The molecule has 0 atom stereocenters. The first kappa shape index (κ1) is 10.7. The van der Waals surface area contributed by atoms with Crippen LogP contribution in [0.2, 0.25) is 0 Å². The molecule has 0 amide bonds. The van der Waals surface area contributed by atoms with Gasteiger partial charge in [-0.15, -0.1) is 0 Å². The predicted molar refractivity (Wildman–Crippen MR) is 53.5 cm³/mol. The molecule has 1 heterocycles. The molecule has 0 bridgehead atoms. The Hall–Kier alpha value is -1.84. The van der Waals surface area contributed by atoms with Crippen molar-refractivity contribution in [3.8, 4) is 11.1 Å². The fourth-order valence-electron chi connectivity index (χ4n) is 1.33. The van der Waals surface area contributed by atoms with Gasteiger partial charge in [-0.25, -0.2) is 0 Å². The SMILES string of the molecule is FC(F)(F)c1[c]c(-c2ccncc2)ccc1. The van der Waals surface area contributed by atoms with Crippen molar-refractivity contribution in [2.75, 3.05) is 0 Å². The summed E-state index contributed by atoms with van der Waals surface area (Å²) >= 11 is 0. The second-order valence-corrected chi connectivity index (χ2v) is 3.21. The van der Waals surface area contributed by atoms with Crippen LogP contribution in [0.25, 0.3) is 11.1 Å². The van der Waals surface area contributed by atoms with Crippen molar-refractivity contribution in [2.45, 2.75) is 6.18 Å². The van der Waals surface area contributed by atoms with E-state index in [1.165, 1.54) is 18.5 Å². The Morgan fingerprint density at radius 3 is 2.31 bits per heavy atom. The van der Waals surface area contributed by atoms with Crippen molar-refractivity contribution >= 4 is 0 Å². The highest BCUT2D eigenvalue weighted by Crippen LogP contribution is 2.31. The van der Waals surface area contributed by atoms with Crippen LogP contribution >= 0.6 is 0 Å². The van der Waals surface area contributed by atoms with Gasteiger partial charge in [-0.05, 0) is 29.3 Å². The molecule has 0 aliphatic heterocycles. The molecular formula is C12H7F3N. The predicted octanol–water partition coefficient (Wildman–Crippen LogP) is 3.57. The van der Waals surface area contributed by atoms with E-state index in [2.05, 4.69) is 11.1 Å². The number of benzene rings is 1. The second kappa shape index (κ2) is 3.96. The minimum atomic E-state index is -4.36. The summed E-state index contributed by atoms with van der Waals surface area (Å²) in [6.07, 6.45) is -1.30. The molecule has 1 nitrogen and oxygen atoms in total. The molecule has 0 aliphatic carbocycles. The first-order chi connectivity index (χ1) is 7.57. The number of hydrogen-bond acceptors (Lipinski definition) is 1. The van der Waals surface area contributed by atoms with Gasteiger partial charge in [-0.3, -0.25) is 4.98 Å². The number of halogens is 3. The van der Waals surface area contributed by atoms with E-state index in [1.54, 1.807) is 18.2 Å². The van der Waals surface area contributed by atoms with Crippen LogP contribution in [0.15, 0.2) is 42.7 Å².